The van der Waals surface area contributed by atoms with Crippen molar-refractivity contribution in [2.45, 2.75) is 4.90 Å². The lowest BCUT2D eigenvalue weighted by Gasteiger charge is -2.09. The predicted molar refractivity (Wildman–Crippen MR) is 101 cm³/mol. The minimum atomic E-state index is -3.60. The average Bonchev–Trinajstić information content (AvgIpc) is 2.65. The van der Waals surface area contributed by atoms with Gasteiger partial charge in [0.2, 0.25) is 10.0 Å². The molecule has 0 saturated heterocycles. The molecule has 0 spiro atoms. The van der Waals surface area contributed by atoms with Gasteiger partial charge in [-0.2, -0.15) is 0 Å². The summed E-state index contributed by atoms with van der Waals surface area (Å²) in [6, 6.07) is 18.5. The smallest absolute Gasteiger partial charge is 0.269 e. The van der Waals surface area contributed by atoms with Crippen molar-refractivity contribution in [3.8, 4) is 0 Å². The summed E-state index contributed by atoms with van der Waals surface area (Å²) in [6.45, 7) is 0.538. The van der Waals surface area contributed by atoms with E-state index in [1.165, 1.54) is 12.1 Å². The molecule has 0 heterocycles. The summed E-state index contributed by atoms with van der Waals surface area (Å²) < 4.78 is 27.3. The van der Waals surface area contributed by atoms with E-state index in [1.807, 2.05) is 24.3 Å². The molecule has 0 aliphatic carbocycles. The fraction of sp³-hybridized carbons (Fsp3) is 0.111. The van der Waals surface area contributed by atoms with E-state index in [0.29, 0.717) is 12.2 Å². The van der Waals surface area contributed by atoms with Gasteiger partial charge in [-0.3, -0.25) is 10.1 Å². The molecule has 0 bridgehead atoms. The third-order valence-corrected chi connectivity index (χ3v) is 5.31. The van der Waals surface area contributed by atoms with E-state index < -0.39 is 14.9 Å². The number of nitro benzene ring substituents is 1. The van der Waals surface area contributed by atoms with E-state index in [1.54, 1.807) is 30.3 Å². The van der Waals surface area contributed by atoms with Crippen LogP contribution in [-0.2, 0) is 10.0 Å². The number of benzene rings is 3. The highest BCUT2D eigenvalue weighted by Gasteiger charge is 2.13. The van der Waals surface area contributed by atoms with E-state index in [2.05, 4.69) is 10.0 Å². The van der Waals surface area contributed by atoms with E-state index in [9.17, 15) is 18.5 Å². The Morgan fingerprint density at radius 3 is 2.27 bits per heavy atom. The summed E-state index contributed by atoms with van der Waals surface area (Å²) in [5, 5.41) is 15.5. The highest BCUT2D eigenvalue weighted by Crippen LogP contribution is 2.19. The van der Waals surface area contributed by atoms with Crippen molar-refractivity contribution in [2.75, 3.05) is 18.4 Å². The second-order valence-electron chi connectivity index (χ2n) is 5.64. The maximum absolute atomic E-state index is 12.4. The number of fused-ring (bicyclic) bond motifs is 1. The molecular formula is C18H17N3O4S. The van der Waals surface area contributed by atoms with Gasteiger partial charge in [-0.25, -0.2) is 13.1 Å². The number of sulfonamides is 1. The van der Waals surface area contributed by atoms with Crippen molar-refractivity contribution < 1.29 is 13.3 Å². The van der Waals surface area contributed by atoms with Crippen LogP contribution in [0.5, 0.6) is 0 Å². The highest BCUT2D eigenvalue weighted by molar-refractivity contribution is 7.89. The molecular weight excluding hydrogens is 354 g/mol. The van der Waals surface area contributed by atoms with E-state index in [4.69, 9.17) is 0 Å². The van der Waals surface area contributed by atoms with Crippen LogP contribution in [-0.4, -0.2) is 26.4 Å². The molecule has 0 unspecified atom stereocenters. The summed E-state index contributed by atoms with van der Waals surface area (Å²) in [7, 11) is -3.60. The minimum Gasteiger partial charge on any atom is -0.384 e. The second kappa shape index (κ2) is 7.51. The molecule has 3 aromatic carbocycles. The van der Waals surface area contributed by atoms with Gasteiger partial charge in [0.25, 0.3) is 5.69 Å². The average molecular weight is 371 g/mol. The lowest BCUT2D eigenvalue weighted by Crippen LogP contribution is -2.28. The topological polar surface area (TPSA) is 101 Å². The lowest BCUT2D eigenvalue weighted by atomic mass is 10.1. The number of non-ortho nitro benzene ring substituents is 1. The van der Waals surface area contributed by atoms with Gasteiger partial charge in [-0.15, -0.1) is 0 Å². The van der Waals surface area contributed by atoms with Crippen molar-refractivity contribution in [3.63, 3.8) is 0 Å². The highest BCUT2D eigenvalue weighted by atomic mass is 32.2. The maximum atomic E-state index is 12.4. The molecule has 26 heavy (non-hydrogen) atoms. The van der Waals surface area contributed by atoms with Crippen LogP contribution in [0.1, 0.15) is 0 Å². The zero-order valence-corrected chi connectivity index (χ0v) is 14.6. The molecule has 0 aliphatic heterocycles. The van der Waals surface area contributed by atoms with Crippen molar-refractivity contribution in [3.05, 3.63) is 76.8 Å². The van der Waals surface area contributed by atoms with E-state index >= 15 is 0 Å². The number of rotatable bonds is 7. The molecule has 0 saturated carbocycles. The zero-order valence-electron chi connectivity index (χ0n) is 13.8. The third-order valence-electron chi connectivity index (χ3n) is 3.86. The number of nitrogens with one attached hydrogen (secondary N) is 2. The first-order valence-corrected chi connectivity index (χ1v) is 9.41. The molecule has 3 rings (SSSR count). The van der Waals surface area contributed by atoms with E-state index in [-0.39, 0.29) is 17.1 Å². The van der Waals surface area contributed by atoms with Gasteiger partial charge >= 0.3 is 0 Å². The normalized spacial score (nSPS) is 11.4. The van der Waals surface area contributed by atoms with Crippen LogP contribution in [0.15, 0.2) is 71.6 Å². The second-order valence-corrected chi connectivity index (χ2v) is 7.40. The molecule has 7 nitrogen and oxygen atoms in total. The van der Waals surface area contributed by atoms with Gasteiger partial charge in [-0.1, -0.05) is 30.3 Å². The first-order valence-electron chi connectivity index (χ1n) is 7.92. The van der Waals surface area contributed by atoms with Gasteiger partial charge in [-0.05, 0) is 35.0 Å². The fourth-order valence-corrected chi connectivity index (χ4v) is 3.58. The predicted octanol–water partition coefficient (Wildman–Crippen LogP) is 3.14. The number of nitrogens with zero attached hydrogens (tertiary/aromatic N) is 1. The molecule has 0 atom stereocenters. The summed E-state index contributed by atoms with van der Waals surface area (Å²) >= 11 is 0. The number of hydrogen-bond acceptors (Lipinski definition) is 5. The van der Waals surface area contributed by atoms with Crippen LogP contribution < -0.4 is 10.0 Å². The number of nitro groups is 1. The Balaban J connectivity index is 1.58. The SMILES string of the molecule is O=[N+]([O-])c1ccc(NCCNS(=O)(=O)c2ccc3ccccc3c2)cc1. The summed E-state index contributed by atoms with van der Waals surface area (Å²) in [5.41, 5.74) is 0.688. The fourth-order valence-electron chi connectivity index (χ4n) is 2.51. The molecule has 0 fully saturated rings. The summed E-state index contributed by atoms with van der Waals surface area (Å²) in [4.78, 5) is 10.4. The van der Waals surface area contributed by atoms with E-state index in [0.717, 1.165) is 10.8 Å². The van der Waals surface area contributed by atoms with Crippen LogP contribution in [0.25, 0.3) is 10.8 Å². The van der Waals surface area contributed by atoms with Gasteiger partial charge in [0.05, 0.1) is 9.82 Å². The maximum Gasteiger partial charge on any atom is 0.269 e. The molecule has 0 radical (unpaired) electrons. The Morgan fingerprint density at radius 1 is 0.885 bits per heavy atom. The molecule has 2 N–H and O–H groups in total. The monoisotopic (exact) mass is 371 g/mol. The Hall–Kier alpha value is -2.97. The quantitative estimate of drug-likeness (QED) is 0.377. The Bertz CT molecular complexity index is 1030. The van der Waals surface area contributed by atoms with Gasteiger partial charge in [0, 0.05) is 30.9 Å². The Labute approximate surface area is 150 Å². The van der Waals surface area contributed by atoms with Crippen molar-refractivity contribution in [1.29, 1.82) is 0 Å². The summed E-state index contributed by atoms with van der Waals surface area (Å²) in [5.74, 6) is 0. The van der Waals surface area contributed by atoms with Crippen molar-refractivity contribution in [1.82, 2.24) is 4.72 Å². The van der Waals surface area contributed by atoms with Crippen LogP contribution in [0.4, 0.5) is 11.4 Å². The summed E-state index contributed by atoms with van der Waals surface area (Å²) in [6.07, 6.45) is 0. The van der Waals surface area contributed by atoms with Crippen molar-refractivity contribution in [2.24, 2.45) is 0 Å². The van der Waals surface area contributed by atoms with Gasteiger partial charge in [0.15, 0.2) is 0 Å². The molecule has 0 amide bonds. The standard InChI is InChI=1S/C18H17N3O4S/c22-21(23)17-8-6-16(7-9-17)19-11-12-20-26(24,25)18-10-5-14-3-1-2-4-15(14)13-18/h1-10,13,19-20H,11-12H2. The lowest BCUT2D eigenvalue weighted by molar-refractivity contribution is -0.384. The minimum absolute atomic E-state index is 0.00700. The third kappa shape index (κ3) is 4.16. The van der Waals surface area contributed by atoms with Crippen LogP contribution >= 0.6 is 0 Å². The molecule has 3 aromatic rings. The molecule has 0 aromatic heterocycles. The molecule has 0 aliphatic rings. The van der Waals surface area contributed by atoms with Gasteiger partial charge < -0.3 is 5.32 Å². The molecule has 134 valence electrons. The largest absolute Gasteiger partial charge is 0.384 e. The van der Waals surface area contributed by atoms with Gasteiger partial charge in [0.1, 0.15) is 0 Å². The van der Waals surface area contributed by atoms with Crippen LogP contribution in [0.3, 0.4) is 0 Å². The van der Waals surface area contributed by atoms with Crippen LogP contribution in [0, 0.1) is 10.1 Å². The number of anilines is 1. The number of hydrogen-bond donors (Lipinski definition) is 2. The first kappa shape index (κ1) is 17.8. The van der Waals surface area contributed by atoms with Crippen LogP contribution in [0.2, 0.25) is 0 Å². The zero-order chi connectivity index (χ0) is 18.6. The Kier molecular flexibility index (Phi) is 5.15. The Morgan fingerprint density at radius 2 is 1.58 bits per heavy atom. The molecule has 8 heteroatoms. The van der Waals surface area contributed by atoms with Crippen molar-refractivity contribution >= 4 is 32.2 Å². The first-order chi connectivity index (χ1) is 12.5.